The summed E-state index contributed by atoms with van der Waals surface area (Å²) in [4.78, 5) is 0. The Morgan fingerprint density at radius 3 is 0.882 bits per heavy atom. The molecule has 0 aromatic rings. The van der Waals surface area contributed by atoms with Crippen molar-refractivity contribution in [3.05, 3.63) is 0 Å². The third-order valence-corrected chi connectivity index (χ3v) is 1.74. The minimum Gasteiger partial charge on any atom is -0.382 e. The van der Waals surface area contributed by atoms with Crippen molar-refractivity contribution in [2.45, 2.75) is 40.3 Å². The van der Waals surface area contributed by atoms with E-state index in [1.54, 1.807) is 28.4 Å². The molecule has 0 saturated heterocycles. The Bertz CT molecular complexity index is 91.1. The van der Waals surface area contributed by atoms with Gasteiger partial charge in [-0.2, -0.15) is 0 Å². The molecule has 0 spiro atoms. The fourth-order valence-electron chi connectivity index (χ4n) is 0.397. The predicted molar refractivity (Wildman–Crippen MR) is 69.1 cm³/mol. The van der Waals surface area contributed by atoms with E-state index < -0.39 is 0 Å². The lowest BCUT2D eigenvalue weighted by molar-refractivity contribution is -0.0879. The van der Waals surface area contributed by atoms with E-state index >= 15 is 0 Å². The average molecular weight is 254 g/mol. The predicted octanol–water partition coefficient (Wildman–Crippen LogP) is 2.29. The Labute approximate surface area is 106 Å². The minimum absolute atomic E-state index is 0.0648. The molecule has 5 heteroatoms. The lowest BCUT2D eigenvalue weighted by Crippen LogP contribution is -2.05. The number of hydrogen-bond acceptors (Lipinski definition) is 5. The highest BCUT2D eigenvalue weighted by Crippen LogP contribution is 1.83. The molecule has 0 radical (unpaired) electrons. The molecular formula is C12H30O5. The van der Waals surface area contributed by atoms with Gasteiger partial charge in [-0.1, -0.05) is 0 Å². The maximum absolute atomic E-state index is 4.83. The van der Waals surface area contributed by atoms with E-state index in [9.17, 15) is 0 Å². The van der Waals surface area contributed by atoms with Crippen LogP contribution in [0.1, 0.15) is 27.7 Å². The van der Waals surface area contributed by atoms with E-state index in [2.05, 4.69) is 18.9 Å². The van der Waals surface area contributed by atoms with E-state index in [0.717, 1.165) is 13.2 Å². The first-order valence-electron chi connectivity index (χ1n) is 5.72. The van der Waals surface area contributed by atoms with Crippen molar-refractivity contribution < 1.29 is 23.7 Å². The molecule has 0 fully saturated rings. The summed E-state index contributed by atoms with van der Waals surface area (Å²) in [6, 6.07) is 0. The molecular weight excluding hydrogens is 224 g/mol. The van der Waals surface area contributed by atoms with Gasteiger partial charge in [-0.05, 0) is 27.7 Å². The van der Waals surface area contributed by atoms with Crippen molar-refractivity contribution >= 4 is 0 Å². The Kier molecular flexibility index (Phi) is 27.4. The zero-order chi connectivity index (χ0) is 14.1. The molecule has 108 valence electrons. The van der Waals surface area contributed by atoms with Gasteiger partial charge in [0.15, 0.2) is 12.6 Å². The zero-order valence-corrected chi connectivity index (χ0v) is 12.6. The molecule has 0 heterocycles. The lowest BCUT2D eigenvalue weighted by atomic mass is 10.8. The van der Waals surface area contributed by atoms with Gasteiger partial charge in [0, 0.05) is 41.7 Å². The van der Waals surface area contributed by atoms with Crippen LogP contribution in [0, 0.1) is 0 Å². The summed E-state index contributed by atoms with van der Waals surface area (Å²) < 4.78 is 23.5. The van der Waals surface area contributed by atoms with Crippen molar-refractivity contribution in [2.75, 3.05) is 41.7 Å². The molecule has 0 atom stereocenters. The number of methoxy groups -OCH3 is 4. The number of hydrogen-bond donors (Lipinski definition) is 0. The second-order valence-corrected chi connectivity index (χ2v) is 2.86. The summed E-state index contributed by atoms with van der Waals surface area (Å²) in [6.07, 6.45) is -0.130. The van der Waals surface area contributed by atoms with Crippen LogP contribution >= 0.6 is 0 Å². The van der Waals surface area contributed by atoms with E-state index in [-0.39, 0.29) is 12.6 Å². The monoisotopic (exact) mass is 254 g/mol. The molecule has 5 nitrogen and oxygen atoms in total. The molecule has 0 aliphatic heterocycles. The van der Waals surface area contributed by atoms with Crippen molar-refractivity contribution in [1.82, 2.24) is 0 Å². The largest absolute Gasteiger partial charge is 0.382 e. The van der Waals surface area contributed by atoms with Crippen LogP contribution in [0.25, 0.3) is 0 Å². The second kappa shape index (κ2) is 21.1. The van der Waals surface area contributed by atoms with E-state index in [4.69, 9.17) is 4.74 Å². The van der Waals surface area contributed by atoms with Crippen LogP contribution < -0.4 is 0 Å². The Balaban J connectivity index is -0.000000174. The van der Waals surface area contributed by atoms with Gasteiger partial charge in [-0.3, -0.25) is 0 Å². The van der Waals surface area contributed by atoms with Crippen LogP contribution in [0.5, 0.6) is 0 Å². The first-order valence-corrected chi connectivity index (χ1v) is 5.72. The summed E-state index contributed by atoms with van der Waals surface area (Å²) in [5.74, 6) is 0. The number of rotatable bonds is 6. The highest BCUT2D eigenvalue weighted by Gasteiger charge is 1.88. The van der Waals surface area contributed by atoms with Crippen LogP contribution in [0.4, 0.5) is 0 Å². The third kappa shape index (κ3) is 31.3. The highest BCUT2D eigenvalue weighted by molar-refractivity contribution is 4.18. The Morgan fingerprint density at radius 2 is 0.882 bits per heavy atom. The summed E-state index contributed by atoms with van der Waals surface area (Å²) in [5, 5.41) is 0. The van der Waals surface area contributed by atoms with Crippen molar-refractivity contribution in [3.8, 4) is 0 Å². The van der Waals surface area contributed by atoms with Gasteiger partial charge < -0.3 is 23.7 Å². The number of ether oxygens (including phenoxy) is 5. The van der Waals surface area contributed by atoms with Crippen LogP contribution in [-0.4, -0.2) is 54.2 Å². The van der Waals surface area contributed by atoms with Gasteiger partial charge in [0.1, 0.15) is 0 Å². The molecule has 0 rings (SSSR count). The molecule has 0 aromatic heterocycles. The molecule has 0 aromatic carbocycles. The molecule has 0 bridgehead atoms. The SMILES string of the molecule is CCOCC.COC(C)OC.COC(C)OC. The van der Waals surface area contributed by atoms with Crippen molar-refractivity contribution in [3.63, 3.8) is 0 Å². The molecule has 0 aliphatic carbocycles. The van der Waals surface area contributed by atoms with E-state index in [1.165, 1.54) is 0 Å². The third-order valence-electron chi connectivity index (χ3n) is 1.74. The molecule has 0 aliphatic rings. The summed E-state index contributed by atoms with van der Waals surface area (Å²) in [7, 11) is 6.42. The summed E-state index contributed by atoms with van der Waals surface area (Å²) >= 11 is 0. The topological polar surface area (TPSA) is 46.2 Å². The van der Waals surface area contributed by atoms with Gasteiger partial charge in [0.25, 0.3) is 0 Å². The van der Waals surface area contributed by atoms with Crippen molar-refractivity contribution in [1.29, 1.82) is 0 Å². The van der Waals surface area contributed by atoms with Gasteiger partial charge >= 0.3 is 0 Å². The van der Waals surface area contributed by atoms with E-state index in [0.29, 0.717) is 0 Å². The fourth-order valence-corrected chi connectivity index (χ4v) is 0.397. The first kappa shape index (κ1) is 22.0. The Hall–Kier alpha value is -0.200. The summed E-state index contributed by atoms with van der Waals surface area (Å²) in [5.41, 5.74) is 0. The average Bonchev–Trinajstić information content (AvgIpc) is 2.39. The molecule has 17 heavy (non-hydrogen) atoms. The van der Waals surface area contributed by atoms with Crippen molar-refractivity contribution in [2.24, 2.45) is 0 Å². The molecule has 0 N–H and O–H groups in total. The van der Waals surface area contributed by atoms with Gasteiger partial charge in [-0.25, -0.2) is 0 Å². The van der Waals surface area contributed by atoms with Gasteiger partial charge in [-0.15, -0.1) is 0 Å². The Morgan fingerprint density at radius 1 is 0.647 bits per heavy atom. The summed E-state index contributed by atoms with van der Waals surface area (Å²) in [6.45, 7) is 9.33. The second-order valence-electron chi connectivity index (χ2n) is 2.86. The van der Waals surface area contributed by atoms with Crippen LogP contribution in [-0.2, 0) is 23.7 Å². The standard InChI is InChI=1S/2C4H10O2.C4H10O/c2*1-4(5-2)6-3;1-3-5-4-2/h2*4H,1-3H3;3-4H2,1-2H3. The van der Waals surface area contributed by atoms with Crippen LogP contribution in [0.3, 0.4) is 0 Å². The fraction of sp³-hybridized carbons (Fsp3) is 1.00. The zero-order valence-electron chi connectivity index (χ0n) is 12.6. The van der Waals surface area contributed by atoms with Gasteiger partial charge in [0.2, 0.25) is 0 Å². The molecule has 0 unspecified atom stereocenters. The molecule has 0 amide bonds. The maximum atomic E-state index is 4.83. The van der Waals surface area contributed by atoms with Gasteiger partial charge in [0.05, 0.1) is 0 Å². The molecule has 0 saturated carbocycles. The minimum atomic E-state index is -0.0648. The maximum Gasteiger partial charge on any atom is 0.154 e. The highest BCUT2D eigenvalue weighted by atomic mass is 16.7. The van der Waals surface area contributed by atoms with E-state index in [1.807, 2.05) is 27.7 Å². The lowest BCUT2D eigenvalue weighted by Gasteiger charge is -2.03. The first-order chi connectivity index (χ1) is 8.03. The van der Waals surface area contributed by atoms with Crippen LogP contribution in [0.2, 0.25) is 0 Å². The normalized spacial score (nSPS) is 9.53. The quantitative estimate of drug-likeness (QED) is 0.681. The van der Waals surface area contributed by atoms with Crippen LogP contribution in [0.15, 0.2) is 0 Å². The smallest absolute Gasteiger partial charge is 0.154 e.